The van der Waals surface area contributed by atoms with Crippen LogP contribution in [0.2, 0.25) is 0 Å². The van der Waals surface area contributed by atoms with Crippen LogP contribution in [0.15, 0.2) is 48.8 Å². The first kappa shape index (κ1) is 23.0. The van der Waals surface area contributed by atoms with Crippen molar-refractivity contribution in [2.75, 3.05) is 6.54 Å². The number of hydrogen-bond donors (Lipinski definition) is 3. The van der Waals surface area contributed by atoms with Crippen LogP contribution < -0.4 is 5.32 Å². The molecule has 0 bridgehead atoms. The van der Waals surface area contributed by atoms with Crippen LogP contribution in [0.4, 0.5) is 0 Å². The second kappa shape index (κ2) is 8.88. The normalized spacial score (nSPS) is 14.2. The number of para-hydroxylation sites is 2. The number of aromatic amines is 1. The van der Waals surface area contributed by atoms with E-state index in [1.165, 1.54) is 0 Å². The van der Waals surface area contributed by atoms with Gasteiger partial charge in [-0.25, -0.2) is 15.0 Å². The van der Waals surface area contributed by atoms with E-state index >= 15 is 0 Å². The molecule has 1 aliphatic heterocycles. The van der Waals surface area contributed by atoms with Gasteiger partial charge in [0.05, 0.1) is 58.6 Å². The van der Waals surface area contributed by atoms with Gasteiger partial charge in [-0.2, -0.15) is 0 Å². The lowest BCUT2D eigenvalue weighted by atomic mass is 10.1. The molecule has 1 amide bonds. The summed E-state index contributed by atoms with van der Waals surface area (Å²) in [5.74, 6) is 2.16. The van der Waals surface area contributed by atoms with Gasteiger partial charge in [-0.3, -0.25) is 10.2 Å². The van der Waals surface area contributed by atoms with Crippen molar-refractivity contribution in [3.63, 3.8) is 0 Å². The van der Waals surface area contributed by atoms with Gasteiger partial charge in [-0.1, -0.05) is 12.1 Å². The second-order valence-corrected chi connectivity index (χ2v) is 9.62. The summed E-state index contributed by atoms with van der Waals surface area (Å²) in [7, 11) is 1.97. The fourth-order valence-electron chi connectivity index (χ4n) is 5.04. The zero-order chi connectivity index (χ0) is 25.7. The van der Waals surface area contributed by atoms with Crippen molar-refractivity contribution in [2.24, 2.45) is 7.05 Å². The van der Waals surface area contributed by atoms with Gasteiger partial charge in [0.1, 0.15) is 17.8 Å². The van der Waals surface area contributed by atoms with E-state index in [0.29, 0.717) is 24.4 Å². The highest BCUT2D eigenvalue weighted by Gasteiger charge is 2.22. The number of aryl methyl sites for hydroxylation is 1. The van der Waals surface area contributed by atoms with Gasteiger partial charge in [0.15, 0.2) is 0 Å². The van der Waals surface area contributed by atoms with Crippen molar-refractivity contribution >= 4 is 33.8 Å². The number of H-pyrrole nitrogens is 1. The van der Waals surface area contributed by atoms with Crippen LogP contribution in [0.5, 0.6) is 0 Å². The Morgan fingerprint density at radius 3 is 2.84 bits per heavy atom. The van der Waals surface area contributed by atoms with Gasteiger partial charge in [-0.15, -0.1) is 0 Å². The van der Waals surface area contributed by atoms with E-state index in [1.807, 2.05) is 77.4 Å². The Balaban J connectivity index is 1.21. The smallest absolute Gasteiger partial charge is 0.252 e. The molecule has 3 N–H and O–H groups in total. The number of nitrogens with zero attached hydrogens (tertiary/aromatic N) is 6. The molecule has 6 rings (SSSR count). The van der Waals surface area contributed by atoms with Crippen molar-refractivity contribution in [3.8, 4) is 0 Å². The van der Waals surface area contributed by atoms with Crippen LogP contribution in [0.1, 0.15) is 53.4 Å². The first-order valence-corrected chi connectivity index (χ1v) is 12.4. The number of amidine groups is 1. The van der Waals surface area contributed by atoms with Crippen molar-refractivity contribution in [2.45, 2.75) is 39.4 Å². The average molecular weight is 496 g/mol. The molecular formula is C27H29N9O. The summed E-state index contributed by atoms with van der Waals surface area (Å²) in [5, 5.41) is 11.0. The molecule has 1 aliphatic rings. The topological polar surface area (TPSA) is 121 Å². The van der Waals surface area contributed by atoms with Crippen molar-refractivity contribution in [1.29, 1.82) is 5.41 Å². The minimum Gasteiger partial charge on any atom is -0.355 e. The number of rotatable bonds is 5. The van der Waals surface area contributed by atoms with E-state index in [9.17, 15) is 4.79 Å². The first-order chi connectivity index (χ1) is 17.9. The molecule has 1 unspecified atom stereocenters. The predicted molar refractivity (Wildman–Crippen MR) is 142 cm³/mol. The number of hydrogen-bond acceptors (Lipinski definition) is 5. The molecule has 3 aromatic heterocycles. The number of nitrogens with one attached hydrogen (secondary N) is 3. The van der Waals surface area contributed by atoms with E-state index in [1.54, 1.807) is 6.33 Å². The van der Waals surface area contributed by atoms with Gasteiger partial charge < -0.3 is 24.3 Å². The number of carbonyl (C=O) groups is 1. The van der Waals surface area contributed by atoms with Crippen LogP contribution >= 0.6 is 0 Å². The Bertz CT molecular complexity index is 1660. The highest BCUT2D eigenvalue weighted by molar-refractivity contribution is 5.97. The third-order valence-corrected chi connectivity index (χ3v) is 7.15. The molecule has 188 valence electrons. The van der Waals surface area contributed by atoms with E-state index in [0.717, 1.165) is 58.1 Å². The number of imidazole rings is 3. The van der Waals surface area contributed by atoms with Crippen LogP contribution in [-0.2, 0) is 26.4 Å². The number of benzene rings is 2. The molecule has 10 nitrogen and oxygen atoms in total. The highest BCUT2D eigenvalue weighted by atomic mass is 16.1. The fourth-order valence-corrected chi connectivity index (χ4v) is 5.04. The molecule has 0 saturated carbocycles. The number of carbonyl (C=O) groups excluding carboxylic acids is 1. The zero-order valence-electron chi connectivity index (χ0n) is 21.1. The van der Waals surface area contributed by atoms with Crippen LogP contribution in [-0.4, -0.2) is 52.3 Å². The van der Waals surface area contributed by atoms with Crippen molar-refractivity contribution < 1.29 is 4.79 Å². The number of amides is 1. The van der Waals surface area contributed by atoms with Gasteiger partial charge in [0, 0.05) is 25.6 Å². The predicted octanol–water partition coefficient (Wildman–Crippen LogP) is 3.54. The Kier molecular flexibility index (Phi) is 5.51. The lowest BCUT2D eigenvalue weighted by Crippen LogP contribution is -2.33. The SMILES string of the molecule is CC(=N)N1CCc2nc(Cc3nc4ccc(C(=O)NC(C)n5cnc6ccccc65)cc4n3C)[nH]c2C1. The molecule has 2 aromatic carbocycles. The third-order valence-electron chi connectivity index (χ3n) is 7.15. The summed E-state index contributed by atoms with van der Waals surface area (Å²) in [4.78, 5) is 32.6. The summed E-state index contributed by atoms with van der Waals surface area (Å²) in [5.41, 5.74) is 6.33. The van der Waals surface area contributed by atoms with E-state index in [4.69, 9.17) is 15.4 Å². The standard InChI is InChI=1S/C27H29N9O/c1-16(28)35-11-10-19-22(14-35)32-25(31-19)13-26-33-21-9-8-18(12-24(21)34(26)3)27(37)30-17(2)36-15-29-20-6-4-5-7-23(20)36/h4-9,12,15,17,28H,10-11,13-14H2,1-3H3,(H,30,37)(H,31,32). The van der Waals surface area contributed by atoms with Crippen molar-refractivity contribution in [3.05, 3.63) is 77.4 Å². The van der Waals surface area contributed by atoms with Crippen LogP contribution in [0.3, 0.4) is 0 Å². The molecule has 4 heterocycles. The van der Waals surface area contributed by atoms with Gasteiger partial charge in [0.2, 0.25) is 0 Å². The molecule has 0 spiro atoms. The molecule has 0 radical (unpaired) electrons. The minimum absolute atomic E-state index is 0.153. The Hall–Kier alpha value is -4.47. The molecule has 5 aromatic rings. The molecule has 0 aliphatic carbocycles. The Morgan fingerprint density at radius 2 is 2.00 bits per heavy atom. The van der Waals surface area contributed by atoms with Crippen LogP contribution in [0.25, 0.3) is 22.1 Å². The molecule has 10 heteroatoms. The molecular weight excluding hydrogens is 466 g/mol. The van der Waals surface area contributed by atoms with E-state index in [2.05, 4.69) is 15.3 Å². The van der Waals surface area contributed by atoms with Crippen LogP contribution in [0, 0.1) is 5.41 Å². The first-order valence-electron chi connectivity index (χ1n) is 12.4. The zero-order valence-corrected chi connectivity index (χ0v) is 21.1. The second-order valence-electron chi connectivity index (χ2n) is 9.62. The minimum atomic E-state index is -0.255. The molecule has 0 fully saturated rings. The van der Waals surface area contributed by atoms with Gasteiger partial charge >= 0.3 is 0 Å². The fraction of sp³-hybridized carbons (Fsp3) is 0.296. The number of fused-ring (bicyclic) bond motifs is 3. The molecule has 37 heavy (non-hydrogen) atoms. The monoisotopic (exact) mass is 495 g/mol. The third kappa shape index (κ3) is 4.14. The van der Waals surface area contributed by atoms with E-state index < -0.39 is 0 Å². The number of aromatic nitrogens is 6. The maximum Gasteiger partial charge on any atom is 0.252 e. The quantitative estimate of drug-likeness (QED) is 0.254. The summed E-state index contributed by atoms with van der Waals surface area (Å²) in [6.07, 6.45) is 2.89. The summed E-state index contributed by atoms with van der Waals surface area (Å²) in [6.45, 7) is 5.26. The van der Waals surface area contributed by atoms with E-state index in [-0.39, 0.29) is 12.1 Å². The van der Waals surface area contributed by atoms with Gasteiger partial charge in [0.25, 0.3) is 5.91 Å². The van der Waals surface area contributed by atoms with Gasteiger partial charge in [-0.05, 0) is 44.2 Å². The maximum atomic E-state index is 13.1. The lowest BCUT2D eigenvalue weighted by Gasteiger charge is -2.26. The Morgan fingerprint density at radius 1 is 1.16 bits per heavy atom. The summed E-state index contributed by atoms with van der Waals surface area (Å²) < 4.78 is 3.98. The molecule has 0 saturated heterocycles. The summed E-state index contributed by atoms with van der Waals surface area (Å²) >= 11 is 0. The average Bonchev–Trinajstić information content (AvgIpc) is 3.58. The lowest BCUT2D eigenvalue weighted by molar-refractivity contribution is 0.0926. The molecule has 1 atom stereocenters. The summed E-state index contributed by atoms with van der Waals surface area (Å²) in [6, 6.07) is 13.5. The Labute approximate surface area is 213 Å². The highest BCUT2D eigenvalue weighted by Crippen LogP contribution is 2.22. The maximum absolute atomic E-state index is 13.1. The van der Waals surface area contributed by atoms with Crippen molar-refractivity contribution in [1.82, 2.24) is 39.3 Å². The largest absolute Gasteiger partial charge is 0.355 e.